The first-order chi connectivity index (χ1) is 18.7. The third-order valence-electron chi connectivity index (χ3n) is 6.06. The Bertz CT molecular complexity index is 1420. The summed E-state index contributed by atoms with van der Waals surface area (Å²) in [5.41, 5.74) is 1.52. The predicted octanol–water partition coefficient (Wildman–Crippen LogP) is 3.60. The van der Waals surface area contributed by atoms with Crippen molar-refractivity contribution in [2.75, 3.05) is 43.4 Å². The summed E-state index contributed by atoms with van der Waals surface area (Å²) < 4.78 is 32.1. The number of ketones is 1. The molecule has 1 aliphatic rings. The molecule has 0 saturated carbocycles. The summed E-state index contributed by atoms with van der Waals surface area (Å²) in [6.07, 6.45) is 1.20. The second-order valence-corrected chi connectivity index (χ2v) is 10.8. The van der Waals surface area contributed by atoms with Crippen molar-refractivity contribution in [2.24, 2.45) is 0 Å². The number of anilines is 2. The number of hydrogen-bond acceptors (Lipinski definition) is 8. The van der Waals surface area contributed by atoms with Crippen LogP contribution in [0.4, 0.5) is 16.3 Å². The van der Waals surface area contributed by atoms with Crippen LogP contribution in [0.25, 0.3) is 6.08 Å². The topological polar surface area (TPSA) is 121 Å². The van der Waals surface area contributed by atoms with Gasteiger partial charge >= 0.3 is 6.09 Å². The van der Waals surface area contributed by atoms with Crippen LogP contribution in [0.2, 0.25) is 0 Å². The zero-order chi connectivity index (χ0) is 27.8. The number of rotatable bonds is 9. The summed E-state index contributed by atoms with van der Waals surface area (Å²) >= 11 is 0. The quantitative estimate of drug-likeness (QED) is 0.236. The molecule has 1 unspecified atom stereocenters. The smallest absolute Gasteiger partial charge is 0.413 e. The van der Waals surface area contributed by atoms with Gasteiger partial charge in [-0.2, -0.15) is 4.72 Å². The third kappa shape index (κ3) is 7.96. The van der Waals surface area contributed by atoms with Gasteiger partial charge in [0.25, 0.3) is 0 Å². The number of pyridine rings is 1. The van der Waals surface area contributed by atoms with Crippen LogP contribution in [-0.4, -0.2) is 69.6 Å². The molecule has 2 aromatic carbocycles. The maximum absolute atomic E-state index is 12.7. The SMILES string of the molecule is CC(NS(=O)(=O)c1ccccc1)OC(=O)Nc1ccc(C(=O)C=Cc2cccc(N3CCN(C)CC3)n2)cc1. The minimum Gasteiger partial charge on any atom is -0.429 e. The molecule has 204 valence electrons. The predicted molar refractivity (Wildman–Crippen MR) is 150 cm³/mol. The Hall–Kier alpha value is -4.06. The van der Waals surface area contributed by atoms with Crippen molar-refractivity contribution in [1.82, 2.24) is 14.6 Å². The highest BCUT2D eigenvalue weighted by Gasteiger charge is 2.20. The molecule has 0 radical (unpaired) electrons. The van der Waals surface area contributed by atoms with E-state index in [0.29, 0.717) is 16.9 Å². The van der Waals surface area contributed by atoms with Crippen LogP contribution in [0.1, 0.15) is 23.0 Å². The summed E-state index contributed by atoms with van der Waals surface area (Å²) in [5.74, 6) is 0.682. The Morgan fingerprint density at radius 2 is 1.64 bits per heavy atom. The molecule has 0 spiro atoms. The van der Waals surface area contributed by atoms with Gasteiger partial charge in [0.05, 0.1) is 10.6 Å². The number of ether oxygens (including phenoxy) is 1. The van der Waals surface area contributed by atoms with E-state index in [4.69, 9.17) is 4.74 Å². The summed E-state index contributed by atoms with van der Waals surface area (Å²) in [6.45, 7) is 5.19. The molecule has 10 nitrogen and oxygen atoms in total. The third-order valence-corrected chi connectivity index (χ3v) is 7.60. The van der Waals surface area contributed by atoms with Gasteiger partial charge in [0, 0.05) is 37.4 Å². The first kappa shape index (κ1) is 28.0. The van der Waals surface area contributed by atoms with Crippen molar-refractivity contribution >= 4 is 39.5 Å². The molecule has 0 bridgehead atoms. The number of likely N-dealkylation sites (N-methyl/N-ethyl adjacent to an activating group) is 1. The van der Waals surface area contributed by atoms with Crippen molar-refractivity contribution in [1.29, 1.82) is 0 Å². The van der Waals surface area contributed by atoms with Crippen molar-refractivity contribution in [3.8, 4) is 0 Å². The lowest BCUT2D eigenvalue weighted by atomic mass is 10.1. The van der Waals surface area contributed by atoms with Crippen LogP contribution >= 0.6 is 0 Å². The van der Waals surface area contributed by atoms with E-state index in [1.165, 1.54) is 25.1 Å². The van der Waals surface area contributed by atoms with Gasteiger partial charge in [-0.25, -0.2) is 18.2 Å². The Morgan fingerprint density at radius 3 is 2.33 bits per heavy atom. The largest absolute Gasteiger partial charge is 0.429 e. The van der Waals surface area contributed by atoms with E-state index >= 15 is 0 Å². The number of amides is 1. The molecule has 3 aromatic rings. The van der Waals surface area contributed by atoms with Gasteiger partial charge in [-0.15, -0.1) is 0 Å². The molecule has 39 heavy (non-hydrogen) atoms. The molecule has 11 heteroatoms. The first-order valence-electron chi connectivity index (χ1n) is 12.5. The number of nitrogens with zero attached hydrogens (tertiary/aromatic N) is 3. The second kappa shape index (κ2) is 12.7. The lowest BCUT2D eigenvalue weighted by Crippen LogP contribution is -2.44. The number of nitrogens with one attached hydrogen (secondary N) is 2. The molecule has 4 rings (SSSR count). The molecule has 1 aromatic heterocycles. The highest BCUT2D eigenvalue weighted by atomic mass is 32.2. The number of hydrogen-bond donors (Lipinski definition) is 2. The average molecular weight is 550 g/mol. The van der Waals surface area contributed by atoms with E-state index in [1.54, 1.807) is 48.5 Å². The molecule has 2 N–H and O–H groups in total. The summed E-state index contributed by atoms with van der Waals surface area (Å²) in [5, 5.41) is 2.52. The minimum absolute atomic E-state index is 0.0636. The number of benzene rings is 2. The molecular weight excluding hydrogens is 518 g/mol. The molecular formula is C28H31N5O5S. The van der Waals surface area contributed by atoms with Gasteiger partial charge in [0.1, 0.15) is 5.82 Å². The van der Waals surface area contributed by atoms with Gasteiger partial charge in [-0.1, -0.05) is 24.3 Å². The van der Waals surface area contributed by atoms with E-state index < -0.39 is 22.3 Å². The normalized spacial score (nSPS) is 15.2. The number of aromatic nitrogens is 1. The summed E-state index contributed by atoms with van der Waals surface area (Å²) in [7, 11) is -1.73. The Morgan fingerprint density at radius 1 is 0.949 bits per heavy atom. The van der Waals surface area contributed by atoms with Crippen LogP contribution in [0, 0.1) is 0 Å². The molecule has 1 saturated heterocycles. The number of carbonyl (C=O) groups is 2. The van der Waals surface area contributed by atoms with Gasteiger partial charge in [0.15, 0.2) is 12.0 Å². The van der Waals surface area contributed by atoms with Crippen LogP contribution in [0.5, 0.6) is 0 Å². The van der Waals surface area contributed by atoms with E-state index in [-0.39, 0.29) is 10.7 Å². The van der Waals surface area contributed by atoms with Crippen LogP contribution in [0.3, 0.4) is 0 Å². The van der Waals surface area contributed by atoms with Gasteiger partial charge < -0.3 is 14.5 Å². The van der Waals surface area contributed by atoms with Gasteiger partial charge in [-0.05, 0) is 74.7 Å². The van der Waals surface area contributed by atoms with E-state index in [9.17, 15) is 18.0 Å². The minimum atomic E-state index is -3.84. The molecule has 1 amide bonds. The van der Waals surface area contributed by atoms with Crippen LogP contribution in [-0.2, 0) is 14.8 Å². The van der Waals surface area contributed by atoms with E-state index in [2.05, 4.69) is 31.9 Å². The average Bonchev–Trinajstić information content (AvgIpc) is 2.93. The van der Waals surface area contributed by atoms with Gasteiger partial charge in [0.2, 0.25) is 10.0 Å². The molecule has 0 aliphatic carbocycles. The second-order valence-electron chi connectivity index (χ2n) is 9.09. The fourth-order valence-electron chi connectivity index (χ4n) is 3.94. The molecule has 1 fully saturated rings. The van der Waals surface area contributed by atoms with Crippen molar-refractivity contribution < 1.29 is 22.7 Å². The highest BCUT2D eigenvalue weighted by Crippen LogP contribution is 2.16. The fraction of sp³-hybridized carbons (Fsp3) is 0.250. The molecule has 1 atom stereocenters. The molecule has 1 aliphatic heterocycles. The zero-order valence-corrected chi connectivity index (χ0v) is 22.6. The Kier molecular flexibility index (Phi) is 9.07. The summed E-state index contributed by atoms with van der Waals surface area (Å²) in [6, 6.07) is 19.8. The monoisotopic (exact) mass is 549 g/mol. The maximum Gasteiger partial charge on any atom is 0.413 e. The highest BCUT2D eigenvalue weighted by molar-refractivity contribution is 7.89. The van der Waals surface area contributed by atoms with Crippen molar-refractivity contribution in [3.63, 3.8) is 0 Å². The van der Waals surface area contributed by atoms with E-state index in [0.717, 1.165) is 32.0 Å². The fourth-order valence-corrected chi connectivity index (χ4v) is 5.07. The number of sulfonamides is 1. The van der Waals surface area contributed by atoms with Crippen LogP contribution in [0.15, 0.2) is 83.8 Å². The number of allylic oxidation sites excluding steroid dienone is 1. The Balaban J connectivity index is 1.29. The summed E-state index contributed by atoms with van der Waals surface area (Å²) in [4.78, 5) is 34.1. The van der Waals surface area contributed by atoms with Gasteiger partial charge in [-0.3, -0.25) is 10.1 Å². The maximum atomic E-state index is 12.7. The standard InChI is InChI=1S/C28H31N5O5S/c1-21(31-39(36,37)25-8-4-3-5-9-25)38-28(35)30-24-13-11-22(12-14-24)26(34)16-15-23-7-6-10-27(29-23)33-19-17-32(2)18-20-33/h3-16,21,31H,17-20H2,1-2H3,(H,30,35). The lowest BCUT2D eigenvalue weighted by Gasteiger charge is -2.33. The zero-order valence-electron chi connectivity index (χ0n) is 21.8. The van der Waals surface area contributed by atoms with Crippen LogP contribution < -0.4 is 14.9 Å². The first-order valence-corrected chi connectivity index (χ1v) is 14.0. The van der Waals surface area contributed by atoms with Crippen molar-refractivity contribution in [2.45, 2.75) is 18.0 Å². The molecule has 2 heterocycles. The number of piperazine rings is 1. The lowest BCUT2D eigenvalue weighted by molar-refractivity contribution is 0.104. The number of carbonyl (C=O) groups excluding carboxylic acids is 2. The van der Waals surface area contributed by atoms with Crippen molar-refractivity contribution in [3.05, 3.63) is 90.1 Å². The van der Waals surface area contributed by atoms with E-state index in [1.807, 2.05) is 18.2 Å². The Labute approximate surface area is 228 Å².